The fourth-order valence-electron chi connectivity index (χ4n) is 3.39. The van der Waals surface area contributed by atoms with Crippen LogP contribution in [0.3, 0.4) is 0 Å². The minimum Gasteiger partial charge on any atom is -0.371 e. The van der Waals surface area contributed by atoms with Gasteiger partial charge in [-0.25, -0.2) is 8.42 Å². The first-order valence-corrected chi connectivity index (χ1v) is 10.2. The molecule has 2 aliphatic rings. The Hall–Kier alpha value is -1.44. The van der Waals surface area contributed by atoms with Crippen LogP contribution in [0.1, 0.15) is 25.8 Å². The lowest BCUT2D eigenvalue weighted by Crippen LogP contribution is -2.47. The predicted molar refractivity (Wildman–Crippen MR) is 94.6 cm³/mol. The Balaban J connectivity index is 1.71. The van der Waals surface area contributed by atoms with Crippen molar-refractivity contribution in [2.45, 2.75) is 44.3 Å². The first-order valence-electron chi connectivity index (χ1n) is 8.77. The average molecular weight is 366 g/mol. The molecule has 2 aliphatic heterocycles. The van der Waals surface area contributed by atoms with Gasteiger partial charge in [0.25, 0.3) is 0 Å². The highest BCUT2D eigenvalue weighted by molar-refractivity contribution is 7.89. The molecule has 1 amide bonds. The molecule has 25 heavy (non-hydrogen) atoms. The number of ether oxygens (including phenoxy) is 1. The second kappa shape index (κ2) is 7.05. The summed E-state index contributed by atoms with van der Waals surface area (Å²) >= 11 is 0. The number of hydrogen-bond acceptors (Lipinski definition) is 4. The van der Waals surface area contributed by atoms with Crippen LogP contribution in [0.5, 0.6) is 0 Å². The van der Waals surface area contributed by atoms with Crippen LogP contribution in [0.2, 0.25) is 0 Å². The van der Waals surface area contributed by atoms with Crippen LogP contribution in [0.15, 0.2) is 29.2 Å². The Bertz CT molecular complexity index is 730. The Labute approximate surface area is 149 Å². The molecular formula is C18H26N2O4S. The number of nitrogens with zero attached hydrogens (tertiary/aromatic N) is 1. The van der Waals surface area contributed by atoms with Crippen LogP contribution in [-0.4, -0.2) is 50.5 Å². The summed E-state index contributed by atoms with van der Waals surface area (Å²) in [5, 5.41) is 2.94. The zero-order valence-corrected chi connectivity index (χ0v) is 15.8. The van der Waals surface area contributed by atoms with E-state index in [0.29, 0.717) is 30.3 Å². The number of fused-ring (bicyclic) bond motifs is 2. The van der Waals surface area contributed by atoms with Crippen LogP contribution in [0.4, 0.5) is 0 Å². The van der Waals surface area contributed by atoms with Crippen molar-refractivity contribution in [2.75, 3.05) is 19.6 Å². The molecular weight excluding hydrogens is 340 g/mol. The molecule has 0 radical (unpaired) electrons. The van der Waals surface area contributed by atoms with E-state index in [1.807, 2.05) is 20.8 Å². The van der Waals surface area contributed by atoms with Crippen LogP contribution in [0, 0.1) is 18.8 Å². The second-order valence-electron chi connectivity index (χ2n) is 7.41. The maximum atomic E-state index is 12.9. The predicted octanol–water partition coefficient (Wildman–Crippen LogP) is 1.55. The Morgan fingerprint density at radius 2 is 1.96 bits per heavy atom. The highest BCUT2D eigenvalue weighted by atomic mass is 32.2. The third kappa shape index (κ3) is 3.88. The molecule has 1 aromatic rings. The third-order valence-electron chi connectivity index (χ3n) is 4.80. The van der Waals surface area contributed by atoms with Crippen LogP contribution >= 0.6 is 0 Å². The van der Waals surface area contributed by atoms with E-state index in [4.69, 9.17) is 4.74 Å². The summed E-state index contributed by atoms with van der Waals surface area (Å²) in [6, 6.07) is 6.86. The smallest absolute Gasteiger partial charge is 0.243 e. The van der Waals surface area contributed by atoms with Crippen molar-refractivity contribution in [2.24, 2.45) is 11.8 Å². The molecule has 3 rings (SSSR count). The summed E-state index contributed by atoms with van der Waals surface area (Å²) in [7, 11) is -3.56. The number of rotatable bonds is 5. The number of nitrogens with one attached hydrogen (secondary N) is 1. The van der Waals surface area contributed by atoms with E-state index in [9.17, 15) is 13.2 Å². The average Bonchev–Trinajstić information content (AvgIpc) is 2.86. The molecule has 6 nitrogen and oxygen atoms in total. The third-order valence-corrected chi connectivity index (χ3v) is 6.65. The number of amides is 1. The summed E-state index contributed by atoms with van der Waals surface area (Å²) in [6.07, 6.45) is -0.00553. The van der Waals surface area contributed by atoms with Gasteiger partial charge in [0, 0.05) is 19.6 Å². The molecule has 0 aromatic heterocycles. The minimum atomic E-state index is -3.56. The molecule has 2 heterocycles. The van der Waals surface area contributed by atoms with E-state index < -0.39 is 10.0 Å². The Morgan fingerprint density at radius 3 is 2.60 bits per heavy atom. The monoisotopic (exact) mass is 366 g/mol. The topological polar surface area (TPSA) is 75.7 Å². The van der Waals surface area contributed by atoms with Crippen molar-refractivity contribution in [1.29, 1.82) is 0 Å². The molecule has 1 N–H and O–H groups in total. The van der Waals surface area contributed by atoms with Gasteiger partial charge in [-0.05, 0) is 31.4 Å². The molecule has 2 saturated heterocycles. The second-order valence-corrected chi connectivity index (χ2v) is 9.35. The summed E-state index contributed by atoms with van der Waals surface area (Å²) in [5.74, 6) is 0.0711. The summed E-state index contributed by atoms with van der Waals surface area (Å²) in [6.45, 7) is 7.16. The van der Waals surface area contributed by atoms with Crippen LogP contribution < -0.4 is 5.32 Å². The quantitative estimate of drug-likeness (QED) is 0.858. The summed E-state index contributed by atoms with van der Waals surface area (Å²) < 4.78 is 33.1. The van der Waals surface area contributed by atoms with Crippen molar-refractivity contribution in [3.63, 3.8) is 0 Å². The highest BCUT2D eigenvalue weighted by Crippen LogP contribution is 2.34. The molecule has 2 fully saturated rings. The van der Waals surface area contributed by atoms with Crippen molar-refractivity contribution >= 4 is 15.9 Å². The van der Waals surface area contributed by atoms with Gasteiger partial charge in [-0.15, -0.1) is 0 Å². The van der Waals surface area contributed by atoms with Gasteiger partial charge in [-0.3, -0.25) is 4.79 Å². The van der Waals surface area contributed by atoms with E-state index in [2.05, 4.69) is 5.32 Å². The lowest BCUT2D eigenvalue weighted by molar-refractivity contribution is -0.127. The fourth-order valence-corrected chi connectivity index (χ4v) is 4.87. The van der Waals surface area contributed by atoms with Gasteiger partial charge < -0.3 is 10.1 Å². The van der Waals surface area contributed by atoms with Crippen molar-refractivity contribution < 1.29 is 17.9 Å². The molecule has 2 bridgehead atoms. The summed E-state index contributed by atoms with van der Waals surface area (Å²) in [5.41, 5.74) is 1.02. The first-order chi connectivity index (χ1) is 11.8. The number of hydrogen-bond donors (Lipinski definition) is 1. The zero-order chi connectivity index (χ0) is 18.2. The SMILES string of the molecule is Cc1ccc(S(=O)(=O)N2CC3CC(C(=O)NCC(C)C)C(C2)O3)cc1. The largest absolute Gasteiger partial charge is 0.371 e. The van der Waals surface area contributed by atoms with Gasteiger partial charge in [-0.1, -0.05) is 31.5 Å². The highest BCUT2D eigenvalue weighted by Gasteiger charge is 2.47. The van der Waals surface area contributed by atoms with E-state index in [-0.39, 0.29) is 30.6 Å². The first kappa shape index (κ1) is 18.4. The number of carbonyl (C=O) groups is 1. The van der Waals surface area contributed by atoms with Crippen LogP contribution in [-0.2, 0) is 19.6 Å². The van der Waals surface area contributed by atoms with Gasteiger partial charge in [0.1, 0.15) is 0 Å². The van der Waals surface area contributed by atoms with E-state index in [1.165, 1.54) is 4.31 Å². The van der Waals surface area contributed by atoms with Gasteiger partial charge in [0.05, 0.1) is 23.0 Å². The molecule has 3 atom stereocenters. The van der Waals surface area contributed by atoms with Gasteiger partial charge in [-0.2, -0.15) is 4.31 Å². The van der Waals surface area contributed by atoms with Gasteiger partial charge in [0.15, 0.2) is 0 Å². The Kier molecular flexibility index (Phi) is 5.18. The minimum absolute atomic E-state index is 0.0317. The number of aryl methyl sites for hydroxylation is 1. The molecule has 1 aromatic carbocycles. The normalized spacial score (nSPS) is 26.8. The van der Waals surface area contributed by atoms with Gasteiger partial charge in [0.2, 0.25) is 15.9 Å². The van der Waals surface area contributed by atoms with Crippen molar-refractivity contribution in [3.8, 4) is 0 Å². The lowest BCUT2D eigenvalue weighted by atomic mass is 9.99. The standard InChI is InChI=1S/C18H26N2O4S/c1-12(2)9-19-18(21)16-8-14-10-20(11-17(16)24-14)25(22,23)15-6-4-13(3)5-7-15/h4-7,12,14,16-17H,8-11H2,1-3H3,(H,19,21). The number of benzene rings is 1. The summed E-state index contributed by atoms with van der Waals surface area (Å²) in [4.78, 5) is 12.7. The van der Waals surface area contributed by atoms with Gasteiger partial charge >= 0.3 is 0 Å². The molecule has 138 valence electrons. The van der Waals surface area contributed by atoms with E-state index in [0.717, 1.165) is 5.56 Å². The number of sulfonamides is 1. The van der Waals surface area contributed by atoms with E-state index in [1.54, 1.807) is 24.3 Å². The lowest BCUT2D eigenvalue weighted by Gasteiger charge is -2.32. The van der Waals surface area contributed by atoms with Crippen molar-refractivity contribution in [3.05, 3.63) is 29.8 Å². The molecule has 0 aliphatic carbocycles. The van der Waals surface area contributed by atoms with E-state index >= 15 is 0 Å². The fraction of sp³-hybridized carbons (Fsp3) is 0.611. The van der Waals surface area contributed by atoms with Crippen molar-refractivity contribution in [1.82, 2.24) is 9.62 Å². The maximum Gasteiger partial charge on any atom is 0.243 e. The Morgan fingerprint density at radius 1 is 1.28 bits per heavy atom. The number of carbonyl (C=O) groups excluding carboxylic acids is 1. The zero-order valence-electron chi connectivity index (χ0n) is 14.9. The molecule has 0 spiro atoms. The maximum absolute atomic E-state index is 12.9. The number of morpholine rings is 1. The molecule has 3 unspecified atom stereocenters. The molecule has 0 saturated carbocycles. The van der Waals surface area contributed by atoms with Crippen LogP contribution in [0.25, 0.3) is 0 Å². The molecule has 7 heteroatoms.